The average Bonchev–Trinajstić information content (AvgIpc) is 2.27. The molecule has 1 unspecified atom stereocenters. The standard InChI is InChI=1S/C12H14BrIO2/c13-10-5-9(6-11(14)7-10)8-16-12-3-1-2-4-15-12/h5-7,12H,1-4,8H2. The number of rotatable bonds is 3. The lowest BCUT2D eigenvalue weighted by Crippen LogP contribution is -2.22. The molecule has 0 bridgehead atoms. The minimum atomic E-state index is -0.00890. The highest BCUT2D eigenvalue weighted by molar-refractivity contribution is 14.1. The van der Waals surface area contributed by atoms with Crippen LogP contribution < -0.4 is 0 Å². The highest BCUT2D eigenvalue weighted by Gasteiger charge is 2.13. The second-order valence-corrected chi connectivity index (χ2v) is 6.05. The molecule has 1 aliphatic heterocycles. The van der Waals surface area contributed by atoms with Crippen LogP contribution in [0.4, 0.5) is 0 Å². The molecule has 0 N–H and O–H groups in total. The maximum absolute atomic E-state index is 5.73. The van der Waals surface area contributed by atoms with Crippen molar-refractivity contribution in [3.8, 4) is 0 Å². The Morgan fingerprint density at radius 1 is 1.38 bits per heavy atom. The number of hydrogen-bond donors (Lipinski definition) is 0. The molecule has 1 aliphatic rings. The van der Waals surface area contributed by atoms with Crippen LogP contribution in [-0.4, -0.2) is 12.9 Å². The topological polar surface area (TPSA) is 18.5 Å². The second-order valence-electron chi connectivity index (χ2n) is 3.88. The normalized spacial score (nSPS) is 21.0. The Labute approximate surface area is 118 Å². The molecule has 0 aromatic heterocycles. The van der Waals surface area contributed by atoms with E-state index in [0.717, 1.165) is 23.9 Å². The van der Waals surface area contributed by atoms with Gasteiger partial charge in [0.15, 0.2) is 6.29 Å². The van der Waals surface area contributed by atoms with Gasteiger partial charge in [-0.05, 0) is 65.6 Å². The summed E-state index contributed by atoms with van der Waals surface area (Å²) in [6.07, 6.45) is 3.38. The van der Waals surface area contributed by atoms with Gasteiger partial charge in [0, 0.05) is 14.6 Å². The lowest BCUT2D eigenvalue weighted by molar-refractivity contribution is -0.168. The first-order valence-electron chi connectivity index (χ1n) is 5.42. The van der Waals surface area contributed by atoms with Crippen molar-refractivity contribution in [2.45, 2.75) is 32.2 Å². The van der Waals surface area contributed by atoms with Gasteiger partial charge in [-0.3, -0.25) is 0 Å². The van der Waals surface area contributed by atoms with E-state index < -0.39 is 0 Å². The summed E-state index contributed by atoms with van der Waals surface area (Å²) in [5, 5.41) is 0. The van der Waals surface area contributed by atoms with Crippen LogP contribution >= 0.6 is 38.5 Å². The van der Waals surface area contributed by atoms with Crippen molar-refractivity contribution >= 4 is 38.5 Å². The van der Waals surface area contributed by atoms with E-state index in [2.05, 4.69) is 56.7 Å². The first-order valence-corrected chi connectivity index (χ1v) is 7.29. The fourth-order valence-corrected chi connectivity index (χ4v) is 3.43. The molecule has 1 heterocycles. The Bertz CT molecular complexity index is 331. The SMILES string of the molecule is Brc1cc(I)cc(COC2CCCCO2)c1. The van der Waals surface area contributed by atoms with Crippen LogP contribution in [0.2, 0.25) is 0 Å². The molecule has 1 atom stereocenters. The molecule has 0 radical (unpaired) electrons. The van der Waals surface area contributed by atoms with Gasteiger partial charge in [-0.15, -0.1) is 0 Å². The molecule has 88 valence electrons. The van der Waals surface area contributed by atoms with Gasteiger partial charge in [-0.2, -0.15) is 0 Å². The number of ether oxygens (including phenoxy) is 2. The Kier molecular flexibility index (Phi) is 5.06. The molecule has 2 rings (SSSR count). The summed E-state index contributed by atoms with van der Waals surface area (Å²) in [5.41, 5.74) is 1.19. The van der Waals surface area contributed by atoms with Crippen molar-refractivity contribution in [1.29, 1.82) is 0 Å². The van der Waals surface area contributed by atoms with Crippen LogP contribution in [-0.2, 0) is 16.1 Å². The largest absolute Gasteiger partial charge is 0.353 e. The molecule has 0 aliphatic carbocycles. The first kappa shape index (κ1) is 12.8. The number of hydrogen-bond acceptors (Lipinski definition) is 2. The summed E-state index contributed by atoms with van der Waals surface area (Å²) in [7, 11) is 0. The lowest BCUT2D eigenvalue weighted by atomic mass is 10.2. The van der Waals surface area contributed by atoms with E-state index in [0.29, 0.717) is 6.61 Å². The summed E-state index contributed by atoms with van der Waals surface area (Å²) in [4.78, 5) is 0. The molecular formula is C12H14BrIO2. The lowest BCUT2D eigenvalue weighted by Gasteiger charge is -2.22. The monoisotopic (exact) mass is 396 g/mol. The quantitative estimate of drug-likeness (QED) is 0.716. The first-order chi connectivity index (χ1) is 7.74. The fourth-order valence-electron chi connectivity index (χ4n) is 1.73. The maximum Gasteiger partial charge on any atom is 0.158 e. The highest BCUT2D eigenvalue weighted by Crippen LogP contribution is 2.20. The predicted molar refractivity (Wildman–Crippen MR) is 75.2 cm³/mol. The Morgan fingerprint density at radius 2 is 2.25 bits per heavy atom. The van der Waals surface area contributed by atoms with Gasteiger partial charge < -0.3 is 9.47 Å². The molecule has 1 saturated heterocycles. The number of halogens is 2. The van der Waals surface area contributed by atoms with Crippen LogP contribution in [0.25, 0.3) is 0 Å². The molecular weight excluding hydrogens is 383 g/mol. The third-order valence-electron chi connectivity index (χ3n) is 2.50. The molecule has 1 aromatic rings. The Hall–Kier alpha value is 0.350. The minimum absolute atomic E-state index is 0.00890. The van der Waals surface area contributed by atoms with Gasteiger partial charge >= 0.3 is 0 Å². The van der Waals surface area contributed by atoms with E-state index in [4.69, 9.17) is 9.47 Å². The highest BCUT2D eigenvalue weighted by atomic mass is 127. The van der Waals surface area contributed by atoms with E-state index in [1.807, 2.05) is 0 Å². The van der Waals surface area contributed by atoms with Crippen molar-refractivity contribution in [3.05, 3.63) is 31.8 Å². The van der Waals surface area contributed by atoms with E-state index in [9.17, 15) is 0 Å². The Balaban J connectivity index is 1.88. The zero-order chi connectivity index (χ0) is 11.4. The molecule has 0 saturated carbocycles. The average molecular weight is 397 g/mol. The van der Waals surface area contributed by atoms with Gasteiger partial charge in [0.1, 0.15) is 0 Å². The van der Waals surface area contributed by atoms with Gasteiger partial charge in [-0.25, -0.2) is 0 Å². The summed E-state index contributed by atoms with van der Waals surface area (Å²) in [5.74, 6) is 0. The van der Waals surface area contributed by atoms with E-state index in [1.54, 1.807) is 0 Å². The summed E-state index contributed by atoms with van der Waals surface area (Å²) in [6.45, 7) is 1.46. The summed E-state index contributed by atoms with van der Waals surface area (Å²) in [6, 6.07) is 6.31. The summed E-state index contributed by atoms with van der Waals surface area (Å²) < 4.78 is 13.6. The molecule has 2 nitrogen and oxygen atoms in total. The zero-order valence-corrected chi connectivity index (χ0v) is 12.7. The number of benzene rings is 1. The Morgan fingerprint density at radius 3 is 2.94 bits per heavy atom. The van der Waals surface area contributed by atoms with Crippen molar-refractivity contribution in [2.24, 2.45) is 0 Å². The van der Waals surface area contributed by atoms with Gasteiger partial charge in [-0.1, -0.05) is 15.9 Å². The van der Waals surface area contributed by atoms with Crippen molar-refractivity contribution < 1.29 is 9.47 Å². The molecule has 4 heteroatoms. The third kappa shape index (κ3) is 3.98. The van der Waals surface area contributed by atoms with E-state index in [1.165, 1.54) is 15.6 Å². The van der Waals surface area contributed by atoms with Crippen LogP contribution in [0.15, 0.2) is 22.7 Å². The predicted octanol–water partition coefficient (Wildman–Crippen LogP) is 4.10. The molecule has 0 spiro atoms. The van der Waals surface area contributed by atoms with Crippen LogP contribution in [0.1, 0.15) is 24.8 Å². The molecule has 0 amide bonds. The van der Waals surface area contributed by atoms with Gasteiger partial charge in [0.05, 0.1) is 6.61 Å². The molecule has 1 aromatic carbocycles. The van der Waals surface area contributed by atoms with Crippen LogP contribution in [0.5, 0.6) is 0 Å². The zero-order valence-electron chi connectivity index (χ0n) is 8.92. The van der Waals surface area contributed by atoms with Gasteiger partial charge in [0.2, 0.25) is 0 Å². The smallest absolute Gasteiger partial charge is 0.158 e. The van der Waals surface area contributed by atoms with Crippen LogP contribution in [0.3, 0.4) is 0 Å². The molecule has 1 fully saturated rings. The third-order valence-corrected chi connectivity index (χ3v) is 3.58. The fraction of sp³-hybridized carbons (Fsp3) is 0.500. The van der Waals surface area contributed by atoms with Crippen molar-refractivity contribution in [2.75, 3.05) is 6.61 Å². The second kappa shape index (κ2) is 6.33. The van der Waals surface area contributed by atoms with E-state index in [-0.39, 0.29) is 6.29 Å². The van der Waals surface area contributed by atoms with E-state index >= 15 is 0 Å². The maximum atomic E-state index is 5.73. The van der Waals surface area contributed by atoms with Crippen molar-refractivity contribution in [1.82, 2.24) is 0 Å². The molecule has 16 heavy (non-hydrogen) atoms. The minimum Gasteiger partial charge on any atom is -0.353 e. The van der Waals surface area contributed by atoms with Crippen molar-refractivity contribution in [3.63, 3.8) is 0 Å². The van der Waals surface area contributed by atoms with Crippen LogP contribution in [0, 0.1) is 3.57 Å². The summed E-state index contributed by atoms with van der Waals surface area (Å²) >= 11 is 5.80. The van der Waals surface area contributed by atoms with Gasteiger partial charge in [0.25, 0.3) is 0 Å².